The lowest BCUT2D eigenvalue weighted by atomic mass is 10.1. The average molecular weight is 291 g/mol. The standard InChI is InChI=1S/C19H21N3/c1-14-8-10-17(11-9-14)19-18(13-21-22-19)12-20-15(2)16-6-4-3-5-7-16/h3-11,13,15,20H,12H2,1-2H3,(H,21,22)/t15-/m1/s1. The highest BCUT2D eigenvalue weighted by Crippen LogP contribution is 2.22. The zero-order chi connectivity index (χ0) is 15.4. The topological polar surface area (TPSA) is 40.7 Å². The van der Waals surface area contributed by atoms with Gasteiger partial charge in [0.1, 0.15) is 0 Å². The van der Waals surface area contributed by atoms with Gasteiger partial charge in [-0.15, -0.1) is 0 Å². The van der Waals surface area contributed by atoms with Gasteiger partial charge in [-0.1, -0.05) is 60.2 Å². The Morgan fingerprint density at radius 3 is 2.50 bits per heavy atom. The highest BCUT2D eigenvalue weighted by Gasteiger charge is 2.10. The van der Waals surface area contributed by atoms with E-state index in [0.29, 0.717) is 6.04 Å². The molecule has 0 aliphatic rings. The summed E-state index contributed by atoms with van der Waals surface area (Å²) in [6.07, 6.45) is 1.90. The van der Waals surface area contributed by atoms with Crippen LogP contribution < -0.4 is 5.32 Å². The summed E-state index contributed by atoms with van der Waals surface area (Å²) < 4.78 is 0. The number of benzene rings is 2. The Labute approximate surface area is 131 Å². The molecule has 0 saturated heterocycles. The summed E-state index contributed by atoms with van der Waals surface area (Å²) in [6, 6.07) is 19.3. The van der Waals surface area contributed by atoms with Crippen molar-refractivity contribution in [2.24, 2.45) is 0 Å². The van der Waals surface area contributed by atoms with Crippen LogP contribution in [0.2, 0.25) is 0 Å². The number of nitrogens with zero attached hydrogens (tertiary/aromatic N) is 1. The lowest BCUT2D eigenvalue weighted by molar-refractivity contribution is 0.575. The van der Waals surface area contributed by atoms with Gasteiger partial charge in [0.05, 0.1) is 11.9 Å². The molecule has 1 atom stereocenters. The number of aromatic amines is 1. The number of rotatable bonds is 5. The van der Waals surface area contributed by atoms with Gasteiger partial charge in [0, 0.05) is 18.2 Å². The molecule has 2 aromatic carbocycles. The third kappa shape index (κ3) is 3.26. The Hall–Kier alpha value is -2.39. The fraction of sp³-hybridized carbons (Fsp3) is 0.211. The Bertz CT molecular complexity index is 714. The van der Waals surface area contributed by atoms with Crippen molar-refractivity contribution in [1.29, 1.82) is 0 Å². The molecular weight excluding hydrogens is 270 g/mol. The van der Waals surface area contributed by atoms with E-state index in [0.717, 1.165) is 12.2 Å². The smallest absolute Gasteiger partial charge is 0.0695 e. The summed E-state index contributed by atoms with van der Waals surface area (Å²) in [4.78, 5) is 0. The normalized spacial score (nSPS) is 12.3. The third-order valence-electron chi connectivity index (χ3n) is 3.96. The average Bonchev–Trinajstić information content (AvgIpc) is 3.02. The summed E-state index contributed by atoms with van der Waals surface area (Å²) in [5.74, 6) is 0. The van der Waals surface area contributed by atoms with Gasteiger partial charge in [-0.3, -0.25) is 5.10 Å². The van der Waals surface area contributed by atoms with Crippen molar-refractivity contribution in [2.45, 2.75) is 26.4 Å². The fourth-order valence-electron chi connectivity index (χ4n) is 2.54. The van der Waals surface area contributed by atoms with Crippen LogP contribution in [0.15, 0.2) is 60.8 Å². The van der Waals surface area contributed by atoms with Gasteiger partial charge in [0.2, 0.25) is 0 Å². The molecule has 1 heterocycles. The molecule has 0 amide bonds. The van der Waals surface area contributed by atoms with Crippen LogP contribution in [-0.2, 0) is 6.54 Å². The monoisotopic (exact) mass is 291 g/mol. The second kappa shape index (κ2) is 6.58. The van der Waals surface area contributed by atoms with Crippen LogP contribution in [0.3, 0.4) is 0 Å². The van der Waals surface area contributed by atoms with Crippen molar-refractivity contribution in [3.8, 4) is 11.3 Å². The minimum Gasteiger partial charge on any atom is -0.306 e. The first kappa shape index (κ1) is 14.5. The zero-order valence-corrected chi connectivity index (χ0v) is 13.0. The van der Waals surface area contributed by atoms with Crippen LogP contribution >= 0.6 is 0 Å². The van der Waals surface area contributed by atoms with E-state index in [1.807, 2.05) is 12.3 Å². The number of aromatic nitrogens is 2. The van der Waals surface area contributed by atoms with Crippen LogP contribution in [0.4, 0.5) is 0 Å². The molecule has 0 aliphatic heterocycles. The van der Waals surface area contributed by atoms with Crippen molar-refractivity contribution in [1.82, 2.24) is 15.5 Å². The summed E-state index contributed by atoms with van der Waals surface area (Å²) in [5, 5.41) is 10.9. The summed E-state index contributed by atoms with van der Waals surface area (Å²) in [5.41, 5.74) is 6.01. The van der Waals surface area contributed by atoms with Gasteiger partial charge in [-0.05, 0) is 25.0 Å². The van der Waals surface area contributed by atoms with E-state index >= 15 is 0 Å². The van der Waals surface area contributed by atoms with Gasteiger partial charge in [0.25, 0.3) is 0 Å². The third-order valence-corrected chi connectivity index (χ3v) is 3.96. The van der Waals surface area contributed by atoms with E-state index < -0.39 is 0 Å². The maximum absolute atomic E-state index is 4.21. The minimum absolute atomic E-state index is 0.307. The van der Waals surface area contributed by atoms with E-state index in [1.165, 1.54) is 22.3 Å². The van der Waals surface area contributed by atoms with Gasteiger partial charge < -0.3 is 5.32 Å². The molecule has 3 aromatic rings. The van der Waals surface area contributed by atoms with E-state index in [1.54, 1.807) is 0 Å². The molecule has 0 radical (unpaired) electrons. The molecule has 0 saturated carbocycles. The second-order valence-electron chi connectivity index (χ2n) is 5.65. The lowest BCUT2D eigenvalue weighted by Gasteiger charge is -2.14. The molecule has 0 aliphatic carbocycles. The number of hydrogen-bond acceptors (Lipinski definition) is 2. The van der Waals surface area contributed by atoms with E-state index in [2.05, 4.69) is 77.9 Å². The van der Waals surface area contributed by atoms with E-state index in [9.17, 15) is 0 Å². The molecular formula is C19H21N3. The second-order valence-corrected chi connectivity index (χ2v) is 5.65. The summed E-state index contributed by atoms with van der Waals surface area (Å²) in [6.45, 7) is 5.07. The lowest BCUT2D eigenvalue weighted by Crippen LogP contribution is -2.18. The molecule has 0 spiro atoms. The molecule has 0 bridgehead atoms. The molecule has 112 valence electrons. The van der Waals surface area contributed by atoms with Gasteiger partial charge in [-0.25, -0.2) is 0 Å². The number of aryl methyl sites for hydroxylation is 1. The maximum Gasteiger partial charge on any atom is 0.0695 e. The number of hydrogen-bond donors (Lipinski definition) is 2. The first-order valence-corrected chi connectivity index (χ1v) is 7.61. The van der Waals surface area contributed by atoms with E-state index in [-0.39, 0.29) is 0 Å². The van der Waals surface area contributed by atoms with E-state index in [4.69, 9.17) is 0 Å². The van der Waals surface area contributed by atoms with Crippen molar-refractivity contribution in [2.75, 3.05) is 0 Å². The van der Waals surface area contributed by atoms with Crippen LogP contribution in [0.5, 0.6) is 0 Å². The Morgan fingerprint density at radius 2 is 1.77 bits per heavy atom. The van der Waals surface area contributed by atoms with Crippen molar-refractivity contribution in [3.63, 3.8) is 0 Å². The van der Waals surface area contributed by atoms with Crippen LogP contribution in [0.1, 0.15) is 29.7 Å². The molecule has 1 aromatic heterocycles. The SMILES string of the molecule is Cc1ccc(-c2[nH]ncc2CN[C@H](C)c2ccccc2)cc1. The van der Waals surface area contributed by atoms with Crippen LogP contribution in [0, 0.1) is 6.92 Å². The van der Waals surface area contributed by atoms with Crippen molar-refractivity contribution >= 4 is 0 Å². The first-order valence-electron chi connectivity index (χ1n) is 7.61. The summed E-state index contributed by atoms with van der Waals surface area (Å²) >= 11 is 0. The Morgan fingerprint density at radius 1 is 1.05 bits per heavy atom. The van der Waals surface area contributed by atoms with Crippen molar-refractivity contribution < 1.29 is 0 Å². The van der Waals surface area contributed by atoms with Gasteiger partial charge in [0.15, 0.2) is 0 Å². The predicted molar refractivity (Wildman–Crippen MR) is 90.5 cm³/mol. The quantitative estimate of drug-likeness (QED) is 0.738. The first-order chi connectivity index (χ1) is 10.7. The Balaban J connectivity index is 1.72. The fourth-order valence-corrected chi connectivity index (χ4v) is 2.54. The highest BCUT2D eigenvalue weighted by molar-refractivity contribution is 5.62. The predicted octanol–water partition coefficient (Wildman–Crippen LogP) is 4.24. The Kier molecular flexibility index (Phi) is 4.35. The minimum atomic E-state index is 0.307. The van der Waals surface area contributed by atoms with Crippen LogP contribution in [-0.4, -0.2) is 10.2 Å². The largest absolute Gasteiger partial charge is 0.306 e. The highest BCUT2D eigenvalue weighted by atomic mass is 15.1. The van der Waals surface area contributed by atoms with Crippen molar-refractivity contribution in [3.05, 3.63) is 77.5 Å². The molecule has 3 heteroatoms. The molecule has 2 N–H and O–H groups in total. The zero-order valence-electron chi connectivity index (χ0n) is 13.0. The number of H-pyrrole nitrogens is 1. The van der Waals surface area contributed by atoms with Crippen LogP contribution in [0.25, 0.3) is 11.3 Å². The van der Waals surface area contributed by atoms with Gasteiger partial charge >= 0.3 is 0 Å². The number of nitrogens with one attached hydrogen (secondary N) is 2. The molecule has 3 rings (SSSR count). The molecule has 0 fully saturated rings. The maximum atomic E-state index is 4.21. The summed E-state index contributed by atoms with van der Waals surface area (Å²) in [7, 11) is 0. The molecule has 22 heavy (non-hydrogen) atoms. The molecule has 3 nitrogen and oxygen atoms in total. The van der Waals surface area contributed by atoms with Gasteiger partial charge in [-0.2, -0.15) is 5.10 Å². The molecule has 0 unspecified atom stereocenters.